The zero-order valence-corrected chi connectivity index (χ0v) is 15.7. The van der Waals surface area contributed by atoms with E-state index < -0.39 is 22.0 Å². The maximum atomic E-state index is 12.9. The first kappa shape index (κ1) is 19.6. The van der Waals surface area contributed by atoms with Gasteiger partial charge in [-0.15, -0.1) is 11.3 Å². The van der Waals surface area contributed by atoms with Gasteiger partial charge < -0.3 is 5.32 Å². The van der Waals surface area contributed by atoms with E-state index in [-0.39, 0.29) is 22.5 Å². The second-order valence-electron chi connectivity index (χ2n) is 5.76. The lowest BCUT2D eigenvalue weighted by molar-refractivity contribution is -0.124. The third-order valence-corrected chi connectivity index (χ3v) is 6.76. The monoisotopic (exact) mass is 384 g/mol. The SMILES string of the molecule is CC[C@H](C)[C@H](NS(=O)(=O)c1cccs1)C(=O)NCc1ccc(F)cc1. The van der Waals surface area contributed by atoms with Gasteiger partial charge in [0, 0.05) is 6.54 Å². The van der Waals surface area contributed by atoms with Gasteiger partial charge in [-0.3, -0.25) is 4.79 Å². The highest BCUT2D eigenvalue weighted by molar-refractivity contribution is 7.91. The van der Waals surface area contributed by atoms with E-state index in [1.165, 1.54) is 18.2 Å². The molecule has 0 fully saturated rings. The minimum Gasteiger partial charge on any atom is -0.351 e. The topological polar surface area (TPSA) is 75.3 Å². The first-order chi connectivity index (χ1) is 11.8. The van der Waals surface area contributed by atoms with Crippen LogP contribution in [-0.4, -0.2) is 20.4 Å². The van der Waals surface area contributed by atoms with Crippen molar-refractivity contribution in [2.45, 2.75) is 37.1 Å². The summed E-state index contributed by atoms with van der Waals surface area (Å²) < 4.78 is 40.4. The van der Waals surface area contributed by atoms with Gasteiger partial charge in [0.2, 0.25) is 5.91 Å². The molecule has 2 atom stereocenters. The summed E-state index contributed by atoms with van der Waals surface area (Å²) in [5.41, 5.74) is 0.735. The largest absolute Gasteiger partial charge is 0.351 e. The molecule has 0 radical (unpaired) electrons. The van der Waals surface area contributed by atoms with Crippen LogP contribution in [0.3, 0.4) is 0 Å². The number of hydrogen-bond acceptors (Lipinski definition) is 4. The Hall–Kier alpha value is -1.77. The number of hydrogen-bond donors (Lipinski definition) is 2. The fourth-order valence-corrected chi connectivity index (χ4v) is 4.52. The summed E-state index contributed by atoms with van der Waals surface area (Å²) in [6.07, 6.45) is 0.640. The number of amides is 1. The summed E-state index contributed by atoms with van der Waals surface area (Å²) in [7, 11) is -3.75. The first-order valence-electron chi connectivity index (χ1n) is 7.91. The summed E-state index contributed by atoms with van der Waals surface area (Å²) in [6.45, 7) is 3.91. The molecule has 0 aliphatic rings. The van der Waals surface area contributed by atoms with Crippen molar-refractivity contribution >= 4 is 27.3 Å². The average Bonchev–Trinajstić information content (AvgIpc) is 3.14. The molecule has 0 aliphatic heterocycles. The normalized spacial score (nSPS) is 14.0. The highest BCUT2D eigenvalue weighted by atomic mass is 32.2. The predicted octanol–water partition coefficient (Wildman–Crippen LogP) is 2.90. The molecule has 0 unspecified atom stereocenters. The van der Waals surface area contributed by atoms with Crippen LogP contribution in [0.25, 0.3) is 0 Å². The average molecular weight is 384 g/mol. The molecule has 1 amide bonds. The molecular formula is C17H21FN2O3S2. The Morgan fingerprint density at radius 2 is 1.92 bits per heavy atom. The Bertz CT molecular complexity index is 790. The van der Waals surface area contributed by atoms with Gasteiger partial charge >= 0.3 is 0 Å². The molecule has 0 bridgehead atoms. The van der Waals surface area contributed by atoms with Gasteiger partial charge in [0.15, 0.2) is 0 Å². The van der Waals surface area contributed by atoms with Crippen LogP contribution >= 0.6 is 11.3 Å². The predicted molar refractivity (Wildman–Crippen MR) is 96.1 cm³/mol. The molecule has 8 heteroatoms. The van der Waals surface area contributed by atoms with Crippen LogP contribution in [0.2, 0.25) is 0 Å². The van der Waals surface area contributed by atoms with E-state index >= 15 is 0 Å². The molecule has 0 aliphatic carbocycles. The van der Waals surface area contributed by atoms with Crippen molar-refractivity contribution in [3.8, 4) is 0 Å². The van der Waals surface area contributed by atoms with Crippen molar-refractivity contribution in [2.75, 3.05) is 0 Å². The molecule has 5 nitrogen and oxygen atoms in total. The number of thiophene rings is 1. The van der Waals surface area contributed by atoms with Crippen LogP contribution in [-0.2, 0) is 21.4 Å². The van der Waals surface area contributed by atoms with E-state index in [0.717, 1.165) is 16.9 Å². The number of rotatable bonds is 8. The minimum atomic E-state index is -3.75. The fraction of sp³-hybridized carbons (Fsp3) is 0.353. The Morgan fingerprint density at radius 1 is 1.24 bits per heavy atom. The summed E-state index contributed by atoms with van der Waals surface area (Å²) in [4.78, 5) is 12.5. The van der Waals surface area contributed by atoms with Crippen molar-refractivity contribution < 1.29 is 17.6 Å². The van der Waals surface area contributed by atoms with Crippen molar-refractivity contribution in [3.05, 3.63) is 53.2 Å². The molecule has 0 spiro atoms. The molecule has 25 heavy (non-hydrogen) atoms. The Labute approximate surface area is 151 Å². The van der Waals surface area contributed by atoms with Crippen molar-refractivity contribution in [3.63, 3.8) is 0 Å². The second kappa shape index (κ2) is 8.55. The number of benzene rings is 1. The summed E-state index contributed by atoms with van der Waals surface area (Å²) in [6, 6.07) is 8.04. The van der Waals surface area contributed by atoms with Crippen LogP contribution in [0.1, 0.15) is 25.8 Å². The lowest BCUT2D eigenvalue weighted by Crippen LogP contribution is -2.49. The highest BCUT2D eigenvalue weighted by Gasteiger charge is 2.29. The summed E-state index contributed by atoms with van der Waals surface area (Å²) in [5.74, 6) is -0.932. The summed E-state index contributed by atoms with van der Waals surface area (Å²) >= 11 is 1.10. The van der Waals surface area contributed by atoms with E-state index in [9.17, 15) is 17.6 Å². The number of sulfonamides is 1. The molecule has 2 N–H and O–H groups in total. The van der Waals surface area contributed by atoms with Gasteiger partial charge in [-0.1, -0.05) is 38.5 Å². The summed E-state index contributed by atoms with van der Waals surface area (Å²) in [5, 5.41) is 4.38. The molecule has 0 saturated heterocycles. The van der Waals surface area contributed by atoms with Gasteiger partial charge in [0.1, 0.15) is 16.1 Å². The van der Waals surface area contributed by atoms with Crippen LogP contribution < -0.4 is 10.0 Å². The molecule has 0 saturated carbocycles. The van der Waals surface area contributed by atoms with Crippen molar-refractivity contribution in [1.82, 2.24) is 10.0 Å². The second-order valence-corrected chi connectivity index (χ2v) is 8.65. The van der Waals surface area contributed by atoms with E-state index in [1.54, 1.807) is 23.6 Å². The number of carbonyl (C=O) groups excluding carboxylic acids is 1. The maximum Gasteiger partial charge on any atom is 0.250 e. The number of nitrogens with one attached hydrogen (secondary N) is 2. The van der Waals surface area contributed by atoms with Crippen LogP contribution in [0.15, 0.2) is 46.0 Å². The third-order valence-electron chi connectivity index (χ3n) is 3.92. The molecule has 1 heterocycles. The smallest absolute Gasteiger partial charge is 0.250 e. The van der Waals surface area contributed by atoms with Crippen LogP contribution in [0.4, 0.5) is 4.39 Å². The van der Waals surface area contributed by atoms with Crippen LogP contribution in [0.5, 0.6) is 0 Å². The standard InChI is InChI=1S/C17H21FN2O3S2/c1-3-12(2)16(20-25(22,23)15-5-4-10-24-15)17(21)19-11-13-6-8-14(18)9-7-13/h4-10,12,16,20H,3,11H2,1-2H3,(H,19,21)/t12-,16-/m0/s1. The quantitative estimate of drug-likeness (QED) is 0.735. The van der Waals surface area contributed by atoms with Crippen LogP contribution in [0, 0.1) is 11.7 Å². The lowest BCUT2D eigenvalue weighted by atomic mass is 9.99. The maximum absolute atomic E-state index is 12.9. The zero-order valence-electron chi connectivity index (χ0n) is 14.0. The first-order valence-corrected chi connectivity index (χ1v) is 10.3. The van der Waals surface area contributed by atoms with E-state index in [1.807, 2.05) is 13.8 Å². The minimum absolute atomic E-state index is 0.173. The molecular weight excluding hydrogens is 363 g/mol. The fourth-order valence-electron chi connectivity index (χ4n) is 2.21. The van der Waals surface area contributed by atoms with Crippen molar-refractivity contribution in [2.24, 2.45) is 5.92 Å². The van der Waals surface area contributed by atoms with Gasteiger partial charge in [0.25, 0.3) is 10.0 Å². The molecule has 1 aromatic carbocycles. The van der Waals surface area contributed by atoms with E-state index in [0.29, 0.717) is 6.42 Å². The van der Waals surface area contributed by atoms with Gasteiger partial charge in [0.05, 0.1) is 0 Å². The van der Waals surface area contributed by atoms with E-state index in [4.69, 9.17) is 0 Å². The molecule has 136 valence electrons. The van der Waals surface area contributed by atoms with Gasteiger partial charge in [-0.2, -0.15) is 4.72 Å². The lowest BCUT2D eigenvalue weighted by Gasteiger charge is -2.23. The number of halogens is 1. The Morgan fingerprint density at radius 3 is 2.48 bits per heavy atom. The molecule has 2 rings (SSSR count). The highest BCUT2D eigenvalue weighted by Crippen LogP contribution is 2.18. The van der Waals surface area contributed by atoms with E-state index in [2.05, 4.69) is 10.0 Å². The van der Waals surface area contributed by atoms with Gasteiger partial charge in [-0.05, 0) is 35.1 Å². The van der Waals surface area contributed by atoms with Crippen molar-refractivity contribution in [1.29, 1.82) is 0 Å². The Balaban J connectivity index is 2.08. The Kier molecular flexibility index (Phi) is 6.69. The molecule has 1 aromatic heterocycles. The third kappa shape index (κ3) is 5.35. The zero-order chi connectivity index (χ0) is 18.4. The molecule has 2 aromatic rings. The number of carbonyl (C=O) groups is 1. The van der Waals surface area contributed by atoms with Gasteiger partial charge in [-0.25, -0.2) is 12.8 Å².